The fourth-order valence-corrected chi connectivity index (χ4v) is 3.99. The lowest BCUT2D eigenvalue weighted by molar-refractivity contribution is -0.193. The number of carbonyl (C=O) groups is 3. The number of alkyl halides is 9. The van der Waals surface area contributed by atoms with Crippen LogP contribution in [0.15, 0.2) is 24.5 Å². The van der Waals surface area contributed by atoms with Gasteiger partial charge in [-0.2, -0.15) is 39.5 Å². The lowest BCUT2D eigenvalue weighted by Crippen LogP contribution is -2.52. The molecule has 246 valence electrons. The third-order valence-electron chi connectivity index (χ3n) is 5.81. The molecule has 0 bridgehead atoms. The van der Waals surface area contributed by atoms with Crippen LogP contribution in [0.5, 0.6) is 0 Å². The van der Waals surface area contributed by atoms with Crippen LogP contribution >= 0.6 is 0 Å². The molecule has 4 heterocycles. The molecule has 4 rings (SSSR count). The van der Waals surface area contributed by atoms with Gasteiger partial charge in [0.1, 0.15) is 0 Å². The van der Waals surface area contributed by atoms with Gasteiger partial charge >= 0.3 is 36.4 Å². The zero-order valence-corrected chi connectivity index (χ0v) is 22.0. The molecule has 1 unspecified atom stereocenters. The number of hydrogen-bond donors (Lipinski definition) is 3. The SMILES string of the molecule is O=C(O)C(F)(F)F.O=C(O)C(F)(F)F.O=C(O)C(F)(F)F.c1cncc(CN2C[C@@H]3OCCN(CC4CCCO4)[C@@H]3C2)c1. The van der Waals surface area contributed by atoms with Crippen LogP contribution in [-0.2, 0) is 30.4 Å². The van der Waals surface area contributed by atoms with Gasteiger partial charge in [0.05, 0.1) is 18.8 Å². The Bertz CT molecular complexity index is 963. The summed E-state index contributed by atoms with van der Waals surface area (Å²) in [4.78, 5) is 36.0. The molecule has 1 aromatic heterocycles. The van der Waals surface area contributed by atoms with E-state index in [1.807, 2.05) is 18.5 Å². The van der Waals surface area contributed by atoms with Crippen molar-refractivity contribution in [2.45, 2.75) is 56.2 Å². The van der Waals surface area contributed by atoms with Crippen LogP contribution in [0.2, 0.25) is 0 Å². The quantitative estimate of drug-likeness (QED) is 0.415. The van der Waals surface area contributed by atoms with Crippen molar-refractivity contribution in [1.82, 2.24) is 14.8 Å². The van der Waals surface area contributed by atoms with E-state index in [9.17, 15) is 39.5 Å². The number of carboxylic acid groups (broad SMARTS) is 3. The van der Waals surface area contributed by atoms with Crippen molar-refractivity contribution >= 4 is 17.9 Å². The number of halogens is 9. The van der Waals surface area contributed by atoms with Gasteiger partial charge in [0.25, 0.3) is 0 Å². The molecule has 3 N–H and O–H groups in total. The molecule has 0 amide bonds. The molecule has 0 aromatic carbocycles. The summed E-state index contributed by atoms with van der Waals surface area (Å²) in [6.45, 7) is 7.00. The zero-order valence-electron chi connectivity index (χ0n) is 22.0. The van der Waals surface area contributed by atoms with E-state index < -0.39 is 36.4 Å². The Hall–Kier alpha value is -3.23. The number of aromatic nitrogens is 1. The van der Waals surface area contributed by atoms with E-state index in [2.05, 4.69) is 20.9 Å². The largest absolute Gasteiger partial charge is 0.490 e. The molecular formula is C23H28F9N3O8. The first-order valence-electron chi connectivity index (χ1n) is 12.2. The number of pyridine rings is 1. The summed E-state index contributed by atoms with van der Waals surface area (Å²) < 4.78 is 107. The first-order valence-corrected chi connectivity index (χ1v) is 12.2. The summed E-state index contributed by atoms with van der Waals surface area (Å²) in [7, 11) is 0. The number of morpholine rings is 1. The van der Waals surface area contributed by atoms with Crippen molar-refractivity contribution in [3.8, 4) is 0 Å². The number of carboxylic acids is 3. The maximum absolute atomic E-state index is 10.6. The molecule has 0 radical (unpaired) electrons. The van der Waals surface area contributed by atoms with Crippen molar-refractivity contribution in [3.63, 3.8) is 0 Å². The molecule has 3 atom stereocenters. The van der Waals surface area contributed by atoms with E-state index in [4.69, 9.17) is 39.2 Å². The van der Waals surface area contributed by atoms with Gasteiger partial charge in [0.2, 0.25) is 0 Å². The minimum absolute atomic E-state index is 0.354. The van der Waals surface area contributed by atoms with Crippen LogP contribution in [-0.4, -0.2) is 124 Å². The second-order valence-corrected chi connectivity index (χ2v) is 9.07. The molecule has 3 aliphatic heterocycles. The third kappa shape index (κ3) is 14.7. The maximum atomic E-state index is 10.6. The van der Waals surface area contributed by atoms with E-state index >= 15 is 0 Å². The molecule has 1 aromatic rings. The monoisotopic (exact) mass is 645 g/mol. The molecule has 11 nitrogen and oxygen atoms in total. The van der Waals surface area contributed by atoms with Crippen LogP contribution in [0.25, 0.3) is 0 Å². The van der Waals surface area contributed by atoms with Crippen molar-refractivity contribution in [2.75, 3.05) is 39.4 Å². The van der Waals surface area contributed by atoms with Gasteiger partial charge in [-0.25, -0.2) is 14.4 Å². The summed E-state index contributed by atoms with van der Waals surface area (Å²) in [6, 6.07) is 4.69. The van der Waals surface area contributed by atoms with Gasteiger partial charge in [-0.05, 0) is 24.5 Å². The molecule has 0 saturated carbocycles. The normalized spacial score (nSPS) is 22.5. The van der Waals surface area contributed by atoms with Gasteiger partial charge < -0.3 is 24.8 Å². The highest BCUT2D eigenvalue weighted by atomic mass is 19.4. The highest BCUT2D eigenvalue weighted by molar-refractivity contribution is 5.73. The molecule has 3 aliphatic rings. The van der Waals surface area contributed by atoms with E-state index in [1.165, 1.54) is 18.4 Å². The van der Waals surface area contributed by atoms with Crippen LogP contribution in [0.1, 0.15) is 18.4 Å². The Kier molecular flexibility index (Phi) is 14.6. The van der Waals surface area contributed by atoms with Crippen molar-refractivity contribution in [3.05, 3.63) is 30.1 Å². The van der Waals surface area contributed by atoms with Gasteiger partial charge in [0.15, 0.2) is 0 Å². The van der Waals surface area contributed by atoms with Crippen LogP contribution < -0.4 is 0 Å². The van der Waals surface area contributed by atoms with E-state index in [1.54, 1.807) is 0 Å². The Labute approximate surface area is 237 Å². The average molecular weight is 645 g/mol. The van der Waals surface area contributed by atoms with E-state index in [-0.39, 0.29) is 0 Å². The standard InChI is InChI=1S/C17H25N3O2.3C2HF3O2/c1-3-14(9-18-5-1)10-19-12-16-17(13-19)22-8-6-20(16)11-15-4-2-7-21-15;3*3-2(4,5)1(6)7/h1,3,5,9,15-17H,2,4,6-8,10-13H2;3*(H,6,7)/t15?,16-,17+;;;/m1.../s1. The lowest BCUT2D eigenvalue weighted by atomic mass is 10.1. The molecule has 3 fully saturated rings. The fourth-order valence-electron chi connectivity index (χ4n) is 3.99. The number of hydrogen-bond acceptors (Lipinski definition) is 8. The smallest absolute Gasteiger partial charge is 0.475 e. The van der Waals surface area contributed by atoms with Crippen molar-refractivity contribution in [1.29, 1.82) is 0 Å². The lowest BCUT2D eigenvalue weighted by Gasteiger charge is -2.38. The molecular weight excluding hydrogens is 617 g/mol. The molecule has 0 spiro atoms. The van der Waals surface area contributed by atoms with Gasteiger partial charge in [0, 0.05) is 57.8 Å². The van der Waals surface area contributed by atoms with Gasteiger partial charge in [-0.15, -0.1) is 0 Å². The Morgan fingerprint density at radius 2 is 1.40 bits per heavy atom. The summed E-state index contributed by atoms with van der Waals surface area (Å²) >= 11 is 0. The summed E-state index contributed by atoms with van der Waals surface area (Å²) in [6.07, 6.45) is -8.23. The first-order chi connectivity index (χ1) is 19.7. The third-order valence-corrected chi connectivity index (χ3v) is 5.81. The average Bonchev–Trinajstić information content (AvgIpc) is 3.54. The Morgan fingerprint density at radius 3 is 1.81 bits per heavy atom. The number of fused-ring (bicyclic) bond motifs is 1. The minimum atomic E-state index is -5.08. The molecule has 0 aliphatic carbocycles. The second-order valence-electron chi connectivity index (χ2n) is 9.07. The highest BCUT2D eigenvalue weighted by Gasteiger charge is 2.41. The zero-order chi connectivity index (χ0) is 33.0. The summed E-state index contributed by atoms with van der Waals surface area (Å²) in [5.74, 6) is -8.27. The fraction of sp³-hybridized carbons (Fsp3) is 0.652. The molecule has 20 heteroatoms. The number of likely N-dealkylation sites (tertiary alicyclic amines) is 1. The predicted octanol–water partition coefficient (Wildman–Crippen LogP) is 3.05. The first kappa shape index (κ1) is 37.8. The molecule has 3 saturated heterocycles. The van der Waals surface area contributed by atoms with Crippen molar-refractivity contribution < 1.29 is 78.7 Å². The van der Waals surface area contributed by atoms with Gasteiger partial charge in [-0.1, -0.05) is 6.07 Å². The molecule has 43 heavy (non-hydrogen) atoms. The number of nitrogens with zero attached hydrogens (tertiary/aromatic N) is 3. The van der Waals surface area contributed by atoms with E-state index in [0.29, 0.717) is 18.2 Å². The van der Waals surface area contributed by atoms with E-state index in [0.717, 1.165) is 45.9 Å². The summed E-state index contributed by atoms with van der Waals surface area (Å²) in [5.41, 5.74) is 1.28. The van der Waals surface area contributed by atoms with Crippen molar-refractivity contribution in [2.24, 2.45) is 0 Å². The summed E-state index contributed by atoms with van der Waals surface area (Å²) in [5, 5.41) is 21.4. The topological polar surface area (TPSA) is 150 Å². The number of aliphatic carboxylic acids is 3. The van der Waals surface area contributed by atoms with Gasteiger partial charge in [-0.3, -0.25) is 14.8 Å². The van der Waals surface area contributed by atoms with Crippen LogP contribution in [0.4, 0.5) is 39.5 Å². The second kappa shape index (κ2) is 16.6. The maximum Gasteiger partial charge on any atom is 0.490 e. The number of ether oxygens (including phenoxy) is 2. The van der Waals surface area contributed by atoms with Crippen LogP contribution in [0.3, 0.4) is 0 Å². The highest BCUT2D eigenvalue weighted by Crippen LogP contribution is 2.26. The predicted molar refractivity (Wildman–Crippen MR) is 125 cm³/mol. The number of rotatable bonds is 4. The minimum Gasteiger partial charge on any atom is -0.475 e. The Balaban J connectivity index is 0.000000363. The van der Waals surface area contributed by atoms with Crippen LogP contribution in [0, 0.1) is 0 Å². The Morgan fingerprint density at radius 1 is 0.860 bits per heavy atom.